The van der Waals surface area contributed by atoms with Crippen molar-refractivity contribution in [3.63, 3.8) is 0 Å². The number of nitrogens with zero attached hydrogens (tertiary/aromatic N) is 4. The summed E-state index contributed by atoms with van der Waals surface area (Å²) in [6, 6.07) is 4.28. The maximum atomic E-state index is 13.4. The Morgan fingerprint density at radius 3 is 2.36 bits per heavy atom. The molecule has 198 valence electrons. The fraction of sp³-hybridized carbons (Fsp3) is 0.552. The Kier molecular flexibility index (Phi) is 10.2. The van der Waals surface area contributed by atoms with Gasteiger partial charge in [-0.15, -0.1) is 0 Å². The third-order valence-corrected chi connectivity index (χ3v) is 6.87. The monoisotopic (exact) mass is 496 g/mol. The largest absolute Gasteiger partial charge is 0.478 e. The molecule has 1 atom stereocenters. The quantitative estimate of drug-likeness (QED) is 0.411. The van der Waals surface area contributed by atoms with Crippen LogP contribution < -0.4 is 4.74 Å². The zero-order chi connectivity index (χ0) is 26.2. The Hall–Kier alpha value is -2.61. The molecule has 2 aliphatic rings. The normalized spacial score (nSPS) is 18.2. The van der Waals surface area contributed by atoms with Crippen LogP contribution in [0.3, 0.4) is 0 Å². The summed E-state index contributed by atoms with van der Waals surface area (Å²) in [6.45, 7) is 16.5. The van der Waals surface area contributed by atoms with E-state index in [9.17, 15) is 4.79 Å². The van der Waals surface area contributed by atoms with Crippen LogP contribution in [0.4, 0.5) is 0 Å². The molecule has 7 nitrogen and oxygen atoms in total. The van der Waals surface area contributed by atoms with Crippen LogP contribution in [0.1, 0.15) is 62.3 Å². The number of piperazine rings is 1. The van der Waals surface area contributed by atoms with Crippen molar-refractivity contribution in [2.24, 2.45) is 0 Å². The van der Waals surface area contributed by atoms with Crippen molar-refractivity contribution < 1.29 is 14.3 Å². The molecule has 36 heavy (non-hydrogen) atoms. The molecule has 2 aromatic rings. The summed E-state index contributed by atoms with van der Waals surface area (Å²) >= 11 is 0. The van der Waals surface area contributed by atoms with Crippen LogP contribution in [-0.4, -0.2) is 78.8 Å². The summed E-state index contributed by atoms with van der Waals surface area (Å²) in [6.07, 6.45) is 8.26. The van der Waals surface area contributed by atoms with E-state index in [0.717, 1.165) is 67.2 Å². The molecule has 1 fully saturated rings. The SMILES string of the molecule is C/C=C\C.C/C=C\C(C)n1c(CN2CCN(C)CC2)c(C(=O)OCC)c2c3c(ccc21)OCN(C)C3. The Bertz CT molecular complexity index is 1080. The molecular formula is C29H44N4O3. The van der Waals surface area contributed by atoms with Gasteiger partial charge in [-0.05, 0) is 60.8 Å². The first-order chi connectivity index (χ1) is 17.4. The van der Waals surface area contributed by atoms with Gasteiger partial charge in [0.2, 0.25) is 0 Å². The van der Waals surface area contributed by atoms with Crippen LogP contribution in [0.5, 0.6) is 5.75 Å². The van der Waals surface area contributed by atoms with Crippen LogP contribution in [-0.2, 0) is 17.8 Å². The molecule has 1 saturated heterocycles. The molecule has 1 aromatic heterocycles. The fourth-order valence-corrected chi connectivity index (χ4v) is 4.92. The second-order valence-electron chi connectivity index (χ2n) is 9.65. The molecule has 0 amide bonds. The molecule has 3 heterocycles. The first-order valence-electron chi connectivity index (χ1n) is 13.1. The standard InChI is InChI=1S/C25H36N4O3.C4H8/c1-6-8-18(3)29-20-9-10-22-19(15-27(5)17-32-22)23(20)24(25(30)31-7-2)21(29)16-28-13-11-26(4)12-14-28;1-3-4-2/h6,8-10,18H,7,11-17H2,1-5H3;3-4H,1-2H3/b8-6-;4-3-. The van der Waals surface area contributed by atoms with Gasteiger partial charge in [0, 0.05) is 62.0 Å². The van der Waals surface area contributed by atoms with Crippen molar-refractivity contribution in [3.8, 4) is 5.75 Å². The Morgan fingerprint density at radius 1 is 1.06 bits per heavy atom. The lowest BCUT2D eigenvalue weighted by molar-refractivity contribution is 0.0524. The van der Waals surface area contributed by atoms with E-state index in [-0.39, 0.29) is 12.0 Å². The molecule has 0 bridgehead atoms. The molecule has 0 spiro atoms. The summed E-state index contributed by atoms with van der Waals surface area (Å²) in [5.41, 5.74) is 3.88. The second kappa shape index (κ2) is 13.1. The molecule has 7 heteroatoms. The average Bonchev–Trinajstić information content (AvgIpc) is 3.20. The molecule has 1 aromatic carbocycles. The van der Waals surface area contributed by atoms with Crippen molar-refractivity contribution in [2.75, 3.05) is 53.6 Å². The number of aromatic nitrogens is 1. The van der Waals surface area contributed by atoms with E-state index in [2.05, 4.69) is 57.5 Å². The maximum absolute atomic E-state index is 13.4. The molecule has 4 rings (SSSR count). The predicted molar refractivity (Wildman–Crippen MR) is 148 cm³/mol. The van der Waals surface area contributed by atoms with Crippen molar-refractivity contribution in [1.82, 2.24) is 19.3 Å². The molecule has 0 aliphatic carbocycles. The number of ether oxygens (including phenoxy) is 2. The lowest BCUT2D eigenvalue weighted by Gasteiger charge is -2.33. The number of benzene rings is 1. The zero-order valence-electron chi connectivity index (χ0n) is 23.2. The van der Waals surface area contributed by atoms with Gasteiger partial charge in [-0.25, -0.2) is 4.79 Å². The minimum atomic E-state index is -0.241. The highest BCUT2D eigenvalue weighted by atomic mass is 16.5. The molecular weight excluding hydrogens is 452 g/mol. The topological polar surface area (TPSA) is 50.2 Å². The van der Waals surface area contributed by atoms with Gasteiger partial charge in [0.15, 0.2) is 0 Å². The van der Waals surface area contributed by atoms with Gasteiger partial charge in [-0.1, -0.05) is 24.3 Å². The molecule has 0 N–H and O–H groups in total. The van der Waals surface area contributed by atoms with Crippen LogP contribution in [0, 0.1) is 0 Å². The minimum Gasteiger partial charge on any atom is -0.478 e. The smallest absolute Gasteiger partial charge is 0.340 e. The van der Waals surface area contributed by atoms with Crippen molar-refractivity contribution in [3.05, 3.63) is 53.3 Å². The van der Waals surface area contributed by atoms with E-state index in [1.165, 1.54) is 0 Å². The minimum absolute atomic E-state index is 0.119. The first-order valence-corrected chi connectivity index (χ1v) is 13.1. The third-order valence-electron chi connectivity index (χ3n) is 6.87. The van der Waals surface area contributed by atoms with E-state index in [1.807, 2.05) is 46.9 Å². The van der Waals surface area contributed by atoms with Gasteiger partial charge in [0.25, 0.3) is 0 Å². The van der Waals surface area contributed by atoms with E-state index < -0.39 is 0 Å². The number of esters is 1. The molecule has 2 aliphatic heterocycles. The lowest BCUT2D eigenvalue weighted by atomic mass is 10.0. The van der Waals surface area contributed by atoms with E-state index in [0.29, 0.717) is 18.9 Å². The average molecular weight is 497 g/mol. The van der Waals surface area contributed by atoms with Crippen molar-refractivity contribution in [1.29, 1.82) is 0 Å². The van der Waals surface area contributed by atoms with Crippen LogP contribution in [0.15, 0.2) is 36.4 Å². The number of likely N-dealkylation sites (N-methyl/N-ethyl adjacent to an activating group) is 1. The highest BCUT2D eigenvalue weighted by molar-refractivity contribution is 6.08. The number of fused-ring (bicyclic) bond motifs is 3. The highest BCUT2D eigenvalue weighted by Crippen LogP contribution is 2.39. The van der Waals surface area contributed by atoms with Gasteiger partial charge in [0.05, 0.1) is 17.7 Å². The number of carbonyl (C=O) groups excluding carboxylic acids is 1. The first kappa shape index (κ1) is 28.0. The van der Waals surface area contributed by atoms with Crippen molar-refractivity contribution in [2.45, 2.75) is 53.8 Å². The molecule has 0 saturated carbocycles. The van der Waals surface area contributed by atoms with Crippen LogP contribution in [0.25, 0.3) is 10.9 Å². The van der Waals surface area contributed by atoms with Gasteiger partial charge in [-0.2, -0.15) is 0 Å². The van der Waals surface area contributed by atoms with Gasteiger partial charge in [-0.3, -0.25) is 9.80 Å². The van der Waals surface area contributed by atoms with Gasteiger partial charge in [0.1, 0.15) is 12.5 Å². The summed E-state index contributed by atoms with van der Waals surface area (Å²) < 4.78 is 13.9. The fourth-order valence-electron chi connectivity index (χ4n) is 4.92. The number of allylic oxidation sites excluding steroid dienone is 4. The number of carbonyl (C=O) groups is 1. The Labute approximate surface area is 216 Å². The summed E-state index contributed by atoms with van der Waals surface area (Å²) in [7, 11) is 4.20. The van der Waals surface area contributed by atoms with Crippen LogP contribution in [0.2, 0.25) is 0 Å². The summed E-state index contributed by atoms with van der Waals surface area (Å²) in [5, 5.41) is 0.980. The predicted octanol–water partition coefficient (Wildman–Crippen LogP) is 5.07. The van der Waals surface area contributed by atoms with E-state index in [4.69, 9.17) is 9.47 Å². The highest BCUT2D eigenvalue weighted by Gasteiger charge is 2.31. The summed E-state index contributed by atoms with van der Waals surface area (Å²) in [5.74, 6) is 0.623. The van der Waals surface area contributed by atoms with Gasteiger partial charge >= 0.3 is 5.97 Å². The number of hydrogen-bond donors (Lipinski definition) is 0. The maximum Gasteiger partial charge on any atom is 0.340 e. The molecule has 1 unspecified atom stereocenters. The Balaban J connectivity index is 0.000000840. The van der Waals surface area contributed by atoms with E-state index >= 15 is 0 Å². The zero-order valence-corrected chi connectivity index (χ0v) is 23.2. The Morgan fingerprint density at radius 2 is 1.75 bits per heavy atom. The number of rotatable bonds is 6. The van der Waals surface area contributed by atoms with E-state index in [1.54, 1.807) is 0 Å². The molecule has 0 radical (unpaired) electrons. The van der Waals surface area contributed by atoms with Crippen molar-refractivity contribution >= 4 is 16.9 Å². The number of hydrogen-bond acceptors (Lipinski definition) is 6. The third kappa shape index (κ3) is 6.20. The van der Waals surface area contributed by atoms with Gasteiger partial charge < -0.3 is 18.9 Å². The summed E-state index contributed by atoms with van der Waals surface area (Å²) in [4.78, 5) is 20.3. The lowest BCUT2D eigenvalue weighted by Crippen LogP contribution is -2.44. The van der Waals surface area contributed by atoms with Crippen LogP contribution >= 0.6 is 0 Å². The second-order valence-corrected chi connectivity index (χ2v) is 9.65.